The first kappa shape index (κ1) is 15.2. The minimum Gasteiger partial charge on any atom is -0.314 e. The molecule has 0 aliphatic rings. The Morgan fingerprint density at radius 1 is 1.28 bits per heavy atom. The molecule has 1 nitrogen and oxygen atoms in total. The van der Waals surface area contributed by atoms with Crippen molar-refractivity contribution in [3.63, 3.8) is 0 Å². The minimum absolute atomic E-state index is 0.140. The van der Waals surface area contributed by atoms with Gasteiger partial charge >= 0.3 is 0 Å². The summed E-state index contributed by atoms with van der Waals surface area (Å²) < 4.78 is 13.0. The summed E-state index contributed by atoms with van der Waals surface area (Å²) in [6, 6.07) is 5.70. The molecule has 18 heavy (non-hydrogen) atoms. The molecule has 0 saturated carbocycles. The van der Waals surface area contributed by atoms with E-state index in [9.17, 15) is 4.39 Å². The highest BCUT2D eigenvalue weighted by Gasteiger charge is 2.05. The molecule has 0 heterocycles. The van der Waals surface area contributed by atoms with Crippen molar-refractivity contribution in [2.75, 3.05) is 6.54 Å². The molecule has 0 bridgehead atoms. The van der Waals surface area contributed by atoms with Crippen LogP contribution in [0.1, 0.15) is 50.7 Å². The maximum Gasteiger partial charge on any atom is 0.123 e. The SMILES string of the molecule is CCCCC(CC)NCCc1ccc(F)cc1C. The second-order valence-electron chi connectivity index (χ2n) is 5.02. The highest BCUT2D eigenvalue weighted by atomic mass is 19.1. The largest absolute Gasteiger partial charge is 0.314 e. The number of halogens is 1. The molecule has 1 rings (SSSR count). The first-order valence-corrected chi connectivity index (χ1v) is 7.15. The van der Waals surface area contributed by atoms with E-state index in [1.165, 1.54) is 31.2 Å². The van der Waals surface area contributed by atoms with E-state index in [0.717, 1.165) is 18.5 Å². The molecule has 0 aliphatic heterocycles. The van der Waals surface area contributed by atoms with E-state index in [-0.39, 0.29) is 5.82 Å². The number of hydrogen-bond donors (Lipinski definition) is 1. The van der Waals surface area contributed by atoms with Gasteiger partial charge in [0, 0.05) is 6.04 Å². The molecule has 0 aromatic heterocycles. The molecule has 2 heteroatoms. The Kier molecular flexibility index (Phi) is 6.96. The summed E-state index contributed by atoms with van der Waals surface area (Å²) in [7, 11) is 0. The van der Waals surface area contributed by atoms with Crippen LogP contribution in [0, 0.1) is 12.7 Å². The summed E-state index contributed by atoms with van der Waals surface area (Å²) in [4.78, 5) is 0. The third-order valence-electron chi connectivity index (χ3n) is 3.53. The minimum atomic E-state index is -0.140. The van der Waals surface area contributed by atoms with Gasteiger partial charge in [0.1, 0.15) is 5.82 Å². The Morgan fingerprint density at radius 3 is 2.67 bits per heavy atom. The predicted octanol–water partition coefficient (Wildman–Crippen LogP) is 4.24. The molecule has 1 unspecified atom stereocenters. The first-order valence-electron chi connectivity index (χ1n) is 7.15. The molecule has 0 fully saturated rings. The van der Waals surface area contributed by atoms with Crippen LogP contribution in [-0.4, -0.2) is 12.6 Å². The van der Waals surface area contributed by atoms with Gasteiger partial charge < -0.3 is 5.32 Å². The number of benzene rings is 1. The molecule has 0 radical (unpaired) electrons. The monoisotopic (exact) mass is 251 g/mol. The van der Waals surface area contributed by atoms with Crippen molar-refractivity contribution >= 4 is 0 Å². The van der Waals surface area contributed by atoms with E-state index in [1.807, 2.05) is 13.0 Å². The summed E-state index contributed by atoms with van der Waals surface area (Å²) in [5, 5.41) is 3.60. The third kappa shape index (κ3) is 5.18. The van der Waals surface area contributed by atoms with Gasteiger partial charge in [-0.05, 0) is 56.0 Å². The molecule has 0 aliphatic carbocycles. The van der Waals surface area contributed by atoms with Crippen molar-refractivity contribution in [2.24, 2.45) is 0 Å². The fraction of sp³-hybridized carbons (Fsp3) is 0.625. The topological polar surface area (TPSA) is 12.0 Å². The zero-order chi connectivity index (χ0) is 13.4. The fourth-order valence-corrected chi connectivity index (χ4v) is 2.25. The summed E-state index contributed by atoms with van der Waals surface area (Å²) in [6.45, 7) is 7.42. The van der Waals surface area contributed by atoms with Crippen LogP contribution >= 0.6 is 0 Å². The zero-order valence-electron chi connectivity index (χ0n) is 11.9. The summed E-state index contributed by atoms with van der Waals surface area (Å²) in [6.07, 6.45) is 5.98. The quantitative estimate of drug-likeness (QED) is 0.729. The average molecular weight is 251 g/mol. The van der Waals surface area contributed by atoms with Crippen LogP contribution in [0.25, 0.3) is 0 Å². The molecular formula is C16H26FN. The van der Waals surface area contributed by atoms with Gasteiger partial charge in [-0.3, -0.25) is 0 Å². The molecule has 1 atom stereocenters. The second-order valence-corrected chi connectivity index (χ2v) is 5.02. The zero-order valence-corrected chi connectivity index (χ0v) is 11.9. The molecule has 1 aromatic carbocycles. The Bertz CT molecular complexity index is 349. The normalized spacial score (nSPS) is 12.7. The number of rotatable bonds is 8. The number of unbranched alkanes of at least 4 members (excludes halogenated alkanes) is 1. The lowest BCUT2D eigenvalue weighted by Crippen LogP contribution is -2.30. The van der Waals surface area contributed by atoms with Crippen molar-refractivity contribution in [3.8, 4) is 0 Å². The Morgan fingerprint density at radius 2 is 2.06 bits per heavy atom. The lowest BCUT2D eigenvalue weighted by Gasteiger charge is -2.17. The van der Waals surface area contributed by atoms with Crippen LogP contribution in [-0.2, 0) is 6.42 Å². The van der Waals surface area contributed by atoms with Crippen LogP contribution in [0.15, 0.2) is 18.2 Å². The highest BCUT2D eigenvalue weighted by Crippen LogP contribution is 2.11. The molecule has 102 valence electrons. The Labute approximate surface area is 111 Å². The lowest BCUT2D eigenvalue weighted by atomic mass is 10.0. The van der Waals surface area contributed by atoms with E-state index >= 15 is 0 Å². The van der Waals surface area contributed by atoms with Crippen LogP contribution in [0.2, 0.25) is 0 Å². The van der Waals surface area contributed by atoms with Crippen molar-refractivity contribution in [1.29, 1.82) is 0 Å². The van der Waals surface area contributed by atoms with E-state index in [0.29, 0.717) is 6.04 Å². The van der Waals surface area contributed by atoms with Crippen molar-refractivity contribution in [3.05, 3.63) is 35.1 Å². The van der Waals surface area contributed by atoms with Gasteiger partial charge in [0.25, 0.3) is 0 Å². The van der Waals surface area contributed by atoms with Gasteiger partial charge in [0.2, 0.25) is 0 Å². The molecule has 0 saturated heterocycles. The number of hydrogen-bond acceptors (Lipinski definition) is 1. The molecule has 0 spiro atoms. The molecule has 0 amide bonds. The maximum absolute atomic E-state index is 13.0. The molecule has 1 aromatic rings. The fourth-order valence-electron chi connectivity index (χ4n) is 2.25. The summed E-state index contributed by atoms with van der Waals surface area (Å²) in [5.74, 6) is -0.140. The number of nitrogens with one attached hydrogen (secondary N) is 1. The van der Waals surface area contributed by atoms with Crippen molar-refractivity contribution in [1.82, 2.24) is 5.32 Å². The van der Waals surface area contributed by atoms with E-state index in [4.69, 9.17) is 0 Å². The van der Waals surface area contributed by atoms with Gasteiger partial charge in [-0.1, -0.05) is 32.8 Å². The van der Waals surface area contributed by atoms with Gasteiger partial charge in [-0.15, -0.1) is 0 Å². The Balaban J connectivity index is 2.35. The van der Waals surface area contributed by atoms with E-state index in [1.54, 1.807) is 12.1 Å². The molecular weight excluding hydrogens is 225 g/mol. The third-order valence-corrected chi connectivity index (χ3v) is 3.53. The van der Waals surface area contributed by atoms with E-state index in [2.05, 4.69) is 19.2 Å². The predicted molar refractivity (Wildman–Crippen MR) is 76.4 cm³/mol. The van der Waals surface area contributed by atoms with Crippen molar-refractivity contribution in [2.45, 2.75) is 58.9 Å². The van der Waals surface area contributed by atoms with E-state index < -0.39 is 0 Å². The van der Waals surface area contributed by atoms with Crippen LogP contribution in [0.4, 0.5) is 4.39 Å². The lowest BCUT2D eigenvalue weighted by molar-refractivity contribution is 0.455. The highest BCUT2D eigenvalue weighted by molar-refractivity contribution is 5.26. The van der Waals surface area contributed by atoms with Gasteiger partial charge in [0.05, 0.1) is 0 Å². The van der Waals surface area contributed by atoms with Crippen LogP contribution in [0.3, 0.4) is 0 Å². The maximum atomic E-state index is 13.0. The van der Waals surface area contributed by atoms with Gasteiger partial charge in [-0.2, -0.15) is 0 Å². The molecule has 1 N–H and O–H groups in total. The van der Waals surface area contributed by atoms with Crippen molar-refractivity contribution < 1.29 is 4.39 Å². The second kappa shape index (κ2) is 8.25. The summed E-state index contributed by atoms with van der Waals surface area (Å²) in [5.41, 5.74) is 2.30. The Hall–Kier alpha value is -0.890. The van der Waals surface area contributed by atoms with Gasteiger partial charge in [-0.25, -0.2) is 4.39 Å². The smallest absolute Gasteiger partial charge is 0.123 e. The van der Waals surface area contributed by atoms with Crippen LogP contribution < -0.4 is 5.32 Å². The first-order chi connectivity index (χ1) is 8.67. The number of aryl methyl sites for hydroxylation is 1. The standard InChI is InChI=1S/C16H26FN/c1-4-6-7-16(5-2)18-11-10-14-8-9-15(17)12-13(14)3/h8-9,12,16,18H,4-7,10-11H2,1-3H3. The average Bonchev–Trinajstić information content (AvgIpc) is 2.36. The van der Waals surface area contributed by atoms with Gasteiger partial charge in [0.15, 0.2) is 0 Å². The van der Waals surface area contributed by atoms with Crippen LogP contribution in [0.5, 0.6) is 0 Å². The summed E-state index contributed by atoms with van der Waals surface area (Å²) >= 11 is 0.